The normalized spacial score (nSPS) is 12.2. The van der Waals surface area contributed by atoms with E-state index in [0.29, 0.717) is 22.8 Å². The second-order valence-electron chi connectivity index (χ2n) is 6.02. The monoisotopic (exact) mass is 364 g/mol. The van der Waals surface area contributed by atoms with Gasteiger partial charge < -0.3 is 14.5 Å². The summed E-state index contributed by atoms with van der Waals surface area (Å²) >= 11 is 0. The highest BCUT2D eigenvalue weighted by atomic mass is 16.5. The molecule has 3 aromatic heterocycles. The Morgan fingerprint density at radius 2 is 2.07 bits per heavy atom. The molecule has 4 aromatic rings. The predicted molar refractivity (Wildman–Crippen MR) is 97.5 cm³/mol. The first-order chi connectivity index (χ1) is 13.1. The standard InChI is InChI=1S/C19H16N4O4/c1-12(19-22-21-16-4-2-3-9-23(16)19)20-17(24)11-26-14-7-5-13-6-8-18(25)27-15(13)10-14/h2-10,12H,11H2,1H3,(H,20,24). The number of nitrogens with one attached hydrogen (secondary N) is 1. The highest BCUT2D eigenvalue weighted by Crippen LogP contribution is 2.19. The van der Waals surface area contributed by atoms with Crippen LogP contribution in [0.1, 0.15) is 18.8 Å². The molecule has 0 fully saturated rings. The van der Waals surface area contributed by atoms with Crippen molar-refractivity contribution in [3.05, 3.63) is 71.0 Å². The lowest BCUT2D eigenvalue weighted by atomic mass is 10.2. The van der Waals surface area contributed by atoms with Crippen LogP contribution in [0.15, 0.2) is 63.9 Å². The number of nitrogens with zero attached hydrogens (tertiary/aromatic N) is 3. The fraction of sp³-hybridized carbons (Fsp3) is 0.158. The maximum atomic E-state index is 12.2. The van der Waals surface area contributed by atoms with Gasteiger partial charge in [-0.3, -0.25) is 9.20 Å². The van der Waals surface area contributed by atoms with Crippen LogP contribution in [0.2, 0.25) is 0 Å². The Labute approximate surface area is 153 Å². The quantitative estimate of drug-likeness (QED) is 0.545. The Kier molecular flexibility index (Phi) is 4.29. The summed E-state index contributed by atoms with van der Waals surface area (Å²) in [6, 6.07) is 13.3. The van der Waals surface area contributed by atoms with E-state index >= 15 is 0 Å². The molecule has 0 saturated heterocycles. The van der Waals surface area contributed by atoms with Gasteiger partial charge in [-0.2, -0.15) is 0 Å². The van der Waals surface area contributed by atoms with E-state index in [4.69, 9.17) is 9.15 Å². The Hall–Kier alpha value is -3.68. The van der Waals surface area contributed by atoms with Crippen LogP contribution in [-0.4, -0.2) is 27.1 Å². The third-order valence-electron chi connectivity index (χ3n) is 4.07. The molecule has 0 radical (unpaired) electrons. The van der Waals surface area contributed by atoms with E-state index in [1.54, 1.807) is 24.3 Å². The van der Waals surface area contributed by atoms with E-state index in [1.165, 1.54) is 6.07 Å². The lowest BCUT2D eigenvalue weighted by molar-refractivity contribution is -0.123. The number of ether oxygens (including phenoxy) is 1. The Bertz CT molecular complexity index is 1180. The fourth-order valence-electron chi connectivity index (χ4n) is 2.78. The van der Waals surface area contributed by atoms with Gasteiger partial charge in [0.1, 0.15) is 11.3 Å². The van der Waals surface area contributed by atoms with Crippen molar-refractivity contribution in [1.82, 2.24) is 19.9 Å². The number of hydrogen-bond donors (Lipinski definition) is 1. The summed E-state index contributed by atoms with van der Waals surface area (Å²) < 4.78 is 12.4. The van der Waals surface area contributed by atoms with Crippen LogP contribution in [-0.2, 0) is 4.79 Å². The molecule has 0 aliphatic carbocycles. The molecule has 1 amide bonds. The van der Waals surface area contributed by atoms with Crippen molar-refractivity contribution in [3.63, 3.8) is 0 Å². The van der Waals surface area contributed by atoms with Gasteiger partial charge in [-0.15, -0.1) is 10.2 Å². The van der Waals surface area contributed by atoms with E-state index in [9.17, 15) is 9.59 Å². The van der Waals surface area contributed by atoms with Crippen molar-refractivity contribution in [2.75, 3.05) is 6.61 Å². The number of benzene rings is 1. The first-order valence-corrected chi connectivity index (χ1v) is 8.36. The van der Waals surface area contributed by atoms with Crippen molar-refractivity contribution in [2.24, 2.45) is 0 Å². The molecule has 1 aromatic carbocycles. The number of aromatic nitrogens is 3. The van der Waals surface area contributed by atoms with Gasteiger partial charge in [0.15, 0.2) is 18.1 Å². The summed E-state index contributed by atoms with van der Waals surface area (Å²) in [5, 5.41) is 11.8. The Morgan fingerprint density at radius 1 is 1.22 bits per heavy atom. The minimum absolute atomic E-state index is 0.177. The lowest BCUT2D eigenvalue weighted by Gasteiger charge is -2.13. The summed E-state index contributed by atoms with van der Waals surface area (Å²) in [7, 11) is 0. The third kappa shape index (κ3) is 3.50. The number of rotatable bonds is 5. The van der Waals surface area contributed by atoms with Gasteiger partial charge in [0.05, 0.1) is 6.04 Å². The average Bonchev–Trinajstić information content (AvgIpc) is 3.10. The van der Waals surface area contributed by atoms with Crippen LogP contribution in [0.25, 0.3) is 16.6 Å². The van der Waals surface area contributed by atoms with Crippen molar-refractivity contribution in [2.45, 2.75) is 13.0 Å². The first kappa shape index (κ1) is 16.8. The molecule has 1 atom stereocenters. The summed E-state index contributed by atoms with van der Waals surface area (Å²) in [6.45, 7) is 1.65. The number of amides is 1. The molecule has 1 N–H and O–H groups in total. The van der Waals surface area contributed by atoms with Crippen LogP contribution in [0, 0.1) is 0 Å². The van der Waals surface area contributed by atoms with Crippen LogP contribution >= 0.6 is 0 Å². The van der Waals surface area contributed by atoms with Gasteiger partial charge in [0.25, 0.3) is 5.91 Å². The van der Waals surface area contributed by atoms with E-state index in [0.717, 1.165) is 5.39 Å². The van der Waals surface area contributed by atoms with Gasteiger partial charge in [-0.05, 0) is 37.3 Å². The maximum Gasteiger partial charge on any atom is 0.336 e. The van der Waals surface area contributed by atoms with Crippen molar-refractivity contribution >= 4 is 22.5 Å². The number of fused-ring (bicyclic) bond motifs is 2. The summed E-state index contributed by atoms with van der Waals surface area (Å²) in [5.41, 5.74) is 0.679. The molecule has 0 aliphatic rings. The fourth-order valence-corrected chi connectivity index (χ4v) is 2.78. The lowest BCUT2D eigenvalue weighted by Crippen LogP contribution is -2.32. The second kappa shape index (κ2) is 6.91. The van der Waals surface area contributed by atoms with Gasteiger partial charge in [0.2, 0.25) is 0 Å². The van der Waals surface area contributed by atoms with Crippen LogP contribution < -0.4 is 15.7 Å². The maximum absolute atomic E-state index is 12.2. The molecule has 4 rings (SSSR count). The zero-order chi connectivity index (χ0) is 18.8. The SMILES string of the molecule is CC(NC(=O)COc1ccc2ccc(=O)oc2c1)c1nnc2ccccn12. The minimum Gasteiger partial charge on any atom is -0.484 e. The predicted octanol–water partition coefficient (Wildman–Crippen LogP) is 2.09. The van der Waals surface area contributed by atoms with Gasteiger partial charge in [-0.25, -0.2) is 4.79 Å². The van der Waals surface area contributed by atoms with E-state index in [-0.39, 0.29) is 18.6 Å². The molecule has 3 heterocycles. The molecular formula is C19H16N4O4. The molecule has 8 nitrogen and oxygen atoms in total. The minimum atomic E-state index is -0.438. The van der Waals surface area contributed by atoms with E-state index < -0.39 is 5.63 Å². The highest BCUT2D eigenvalue weighted by molar-refractivity contribution is 5.79. The topological polar surface area (TPSA) is 98.7 Å². The van der Waals surface area contributed by atoms with Gasteiger partial charge >= 0.3 is 5.63 Å². The summed E-state index contributed by atoms with van der Waals surface area (Å²) in [6.07, 6.45) is 1.84. The smallest absolute Gasteiger partial charge is 0.336 e. The molecular weight excluding hydrogens is 348 g/mol. The number of carbonyl (C=O) groups is 1. The summed E-state index contributed by atoms with van der Waals surface area (Å²) in [5.74, 6) is 0.767. The zero-order valence-corrected chi connectivity index (χ0v) is 14.5. The molecule has 0 bridgehead atoms. The van der Waals surface area contributed by atoms with Crippen LogP contribution in [0.3, 0.4) is 0 Å². The largest absolute Gasteiger partial charge is 0.484 e. The van der Waals surface area contributed by atoms with Gasteiger partial charge in [-0.1, -0.05) is 6.07 Å². The van der Waals surface area contributed by atoms with Gasteiger partial charge in [0, 0.05) is 23.7 Å². The number of pyridine rings is 1. The first-order valence-electron chi connectivity index (χ1n) is 8.36. The Morgan fingerprint density at radius 3 is 2.96 bits per heavy atom. The number of carbonyl (C=O) groups excluding carboxylic acids is 1. The molecule has 0 aliphatic heterocycles. The van der Waals surface area contributed by atoms with Crippen molar-refractivity contribution in [1.29, 1.82) is 0 Å². The molecule has 0 saturated carbocycles. The molecule has 136 valence electrons. The zero-order valence-electron chi connectivity index (χ0n) is 14.5. The molecule has 0 spiro atoms. The van der Waals surface area contributed by atoms with Crippen LogP contribution in [0.4, 0.5) is 0 Å². The molecule has 1 unspecified atom stereocenters. The Balaban J connectivity index is 1.41. The highest BCUT2D eigenvalue weighted by Gasteiger charge is 2.16. The van der Waals surface area contributed by atoms with Crippen molar-refractivity contribution < 1.29 is 13.9 Å². The van der Waals surface area contributed by atoms with E-state index in [2.05, 4.69) is 15.5 Å². The molecule has 8 heteroatoms. The summed E-state index contributed by atoms with van der Waals surface area (Å²) in [4.78, 5) is 23.5. The van der Waals surface area contributed by atoms with Crippen molar-refractivity contribution in [3.8, 4) is 5.75 Å². The number of hydrogen-bond acceptors (Lipinski definition) is 6. The van der Waals surface area contributed by atoms with Crippen LogP contribution in [0.5, 0.6) is 5.75 Å². The average molecular weight is 364 g/mol. The van der Waals surface area contributed by atoms with E-state index in [1.807, 2.05) is 35.7 Å². The second-order valence-corrected chi connectivity index (χ2v) is 6.02. The molecule has 27 heavy (non-hydrogen) atoms. The third-order valence-corrected chi connectivity index (χ3v) is 4.07.